The summed E-state index contributed by atoms with van der Waals surface area (Å²) < 4.78 is 0. The second-order valence-electron chi connectivity index (χ2n) is 0.918. The molecule has 0 saturated carbocycles. The highest BCUT2D eigenvalue weighted by atomic mass is 31.0. The monoisotopic (exact) mass is 118 g/mol. The molecule has 0 heterocycles. The lowest BCUT2D eigenvalue weighted by molar-refractivity contribution is 0.214. The van der Waals surface area contributed by atoms with Gasteiger partial charge in [0.2, 0.25) is 0 Å². The first-order chi connectivity index (χ1) is 3.31. The molecular weight excluding hydrogens is 111 g/mol. The zero-order valence-electron chi connectivity index (χ0n) is 3.68. The molecule has 0 bridgehead atoms. The van der Waals surface area contributed by atoms with Crippen molar-refractivity contribution in [1.29, 1.82) is 5.41 Å². The Hall–Kier alpha value is -0.400. The predicted molar refractivity (Wildman–Crippen MR) is 31.5 cm³/mol. The van der Waals surface area contributed by atoms with Gasteiger partial charge in [-0.2, -0.15) is 0 Å². The summed E-state index contributed by atoms with van der Waals surface area (Å²) in [7, 11) is 2.25. The van der Waals surface area contributed by atoms with Gasteiger partial charge in [-0.3, -0.25) is 10.7 Å². The van der Waals surface area contributed by atoms with E-state index in [1.807, 2.05) is 0 Å². The predicted octanol–water partition coefficient (Wildman–Crippen LogP) is 0.331. The maximum Gasteiger partial charge on any atom is 0.0327 e. The number of rotatable bonds is 2. The minimum Gasteiger partial charge on any atom is -0.308 e. The molecule has 0 aromatic carbocycles. The van der Waals surface area contributed by atoms with Gasteiger partial charge in [0.1, 0.15) is 0 Å². The van der Waals surface area contributed by atoms with Gasteiger partial charge in [0.05, 0.1) is 0 Å². The fourth-order valence-corrected chi connectivity index (χ4v) is 0.191. The van der Waals surface area contributed by atoms with Crippen molar-refractivity contribution in [3.05, 3.63) is 11.5 Å². The molecule has 4 heteroatoms. The van der Waals surface area contributed by atoms with Crippen LogP contribution in [0.4, 0.5) is 0 Å². The van der Waals surface area contributed by atoms with Crippen LogP contribution in [0.25, 0.3) is 0 Å². The second-order valence-corrected chi connectivity index (χ2v) is 1.58. The second kappa shape index (κ2) is 3.78. The summed E-state index contributed by atoms with van der Waals surface area (Å²) in [4.78, 5) is 0. The summed E-state index contributed by atoms with van der Waals surface area (Å²) in [5, 5.41) is 15.1. The molecule has 0 radical (unpaired) electrons. The molecule has 0 aliphatic heterocycles. The van der Waals surface area contributed by atoms with Crippen LogP contribution in [0.2, 0.25) is 0 Å². The Kier molecular flexibility index (Phi) is 3.56. The van der Waals surface area contributed by atoms with Gasteiger partial charge in [0.25, 0.3) is 0 Å². The minimum atomic E-state index is 0.600. The van der Waals surface area contributed by atoms with Crippen LogP contribution in [0.5, 0.6) is 0 Å². The molecule has 0 rings (SSSR count). The molecule has 0 aliphatic carbocycles. The zero-order valence-corrected chi connectivity index (χ0v) is 4.83. The van der Waals surface area contributed by atoms with Crippen LogP contribution in [0.15, 0.2) is 11.5 Å². The standard InChI is InChI=1S/C3H7N2OP/c4-1-3(7)2-5-6/h1-2,4-6H,7H2/b3-2+,4-1?. The van der Waals surface area contributed by atoms with Gasteiger partial charge >= 0.3 is 0 Å². The Balaban J connectivity index is 3.49. The summed E-state index contributed by atoms with van der Waals surface area (Å²) in [5.41, 5.74) is 1.78. The van der Waals surface area contributed by atoms with Gasteiger partial charge in [-0.1, -0.05) is 0 Å². The summed E-state index contributed by atoms with van der Waals surface area (Å²) in [6.07, 6.45) is 2.39. The highest BCUT2D eigenvalue weighted by Crippen LogP contribution is 1.95. The smallest absolute Gasteiger partial charge is 0.0327 e. The third-order valence-corrected chi connectivity index (χ3v) is 0.731. The average Bonchev–Trinajstić information content (AvgIpc) is 1.68. The summed E-state index contributed by atoms with van der Waals surface area (Å²) in [6, 6.07) is 0. The molecule has 1 unspecified atom stereocenters. The number of nitrogens with one attached hydrogen (secondary N) is 2. The normalized spacial score (nSPS) is 10.9. The van der Waals surface area contributed by atoms with Crippen molar-refractivity contribution in [1.82, 2.24) is 5.48 Å². The van der Waals surface area contributed by atoms with Crippen molar-refractivity contribution in [3.63, 3.8) is 0 Å². The fourth-order valence-electron chi connectivity index (χ4n) is 0.116. The number of hydrogen-bond acceptors (Lipinski definition) is 3. The van der Waals surface area contributed by atoms with Crippen molar-refractivity contribution in [2.24, 2.45) is 0 Å². The molecular formula is C3H7N2OP. The van der Waals surface area contributed by atoms with E-state index in [4.69, 9.17) is 10.6 Å². The molecule has 0 amide bonds. The third kappa shape index (κ3) is 3.43. The first kappa shape index (κ1) is 6.60. The Morgan fingerprint density at radius 1 is 1.86 bits per heavy atom. The Morgan fingerprint density at radius 2 is 2.43 bits per heavy atom. The molecule has 0 aromatic heterocycles. The molecule has 7 heavy (non-hydrogen) atoms. The van der Waals surface area contributed by atoms with Crippen LogP contribution < -0.4 is 5.48 Å². The van der Waals surface area contributed by atoms with Crippen LogP contribution in [-0.2, 0) is 0 Å². The van der Waals surface area contributed by atoms with Crippen molar-refractivity contribution in [2.45, 2.75) is 0 Å². The summed E-state index contributed by atoms with van der Waals surface area (Å²) in [5.74, 6) is 0. The van der Waals surface area contributed by atoms with Crippen LogP contribution in [-0.4, -0.2) is 11.4 Å². The highest BCUT2D eigenvalue weighted by molar-refractivity contribution is 7.24. The van der Waals surface area contributed by atoms with Gasteiger partial charge in [0, 0.05) is 17.7 Å². The van der Waals surface area contributed by atoms with Crippen molar-refractivity contribution in [3.8, 4) is 0 Å². The summed E-state index contributed by atoms with van der Waals surface area (Å²) >= 11 is 0. The van der Waals surface area contributed by atoms with E-state index in [0.29, 0.717) is 5.31 Å². The molecule has 0 fully saturated rings. The van der Waals surface area contributed by atoms with Crippen LogP contribution in [0, 0.1) is 5.41 Å². The van der Waals surface area contributed by atoms with Crippen molar-refractivity contribution in [2.75, 3.05) is 0 Å². The number of hydrogen-bond donors (Lipinski definition) is 3. The maximum absolute atomic E-state index is 7.92. The van der Waals surface area contributed by atoms with E-state index in [9.17, 15) is 0 Å². The lowest BCUT2D eigenvalue weighted by Crippen LogP contribution is -1.94. The Morgan fingerprint density at radius 3 is 2.57 bits per heavy atom. The molecule has 0 aromatic rings. The van der Waals surface area contributed by atoms with Crippen LogP contribution in [0.3, 0.4) is 0 Å². The van der Waals surface area contributed by atoms with E-state index in [-0.39, 0.29) is 0 Å². The molecule has 3 N–H and O–H groups in total. The fraction of sp³-hybridized carbons (Fsp3) is 0. The van der Waals surface area contributed by atoms with E-state index in [0.717, 1.165) is 6.21 Å². The molecule has 3 nitrogen and oxygen atoms in total. The van der Waals surface area contributed by atoms with E-state index in [2.05, 4.69) is 9.24 Å². The Labute approximate surface area is 44.1 Å². The molecule has 1 atom stereocenters. The Bertz CT molecular complexity index is 90.9. The zero-order chi connectivity index (χ0) is 5.70. The topological polar surface area (TPSA) is 56.1 Å². The maximum atomic E-state index is 7.92. The largest absolute Gasteiger partial charge is 0.308 e. The lowest BCUT2D eigenvalue weighted by Gasteiger charge is -1.84. The average molecular weight is 118 g/mol. The summed E-state index contributed by atoms with van der Waals surface area (Å²) in [6.45, 7) is 0. The van der Waals surface area contributed by atoms with Crippen molar-refractivity contribution >= 4 is 15.5 Å². The quantitative estimate of drug-likeness (QED) is 0.278. The molecule has 0 spiro atoms. The van der Waals surface area contributed by atoms with Crippen LogP contribution in [0.1, 0.15) is 0 Å². The third-order valence-electron chi connectivity index (χ3n) is 0.398. The van der Waals surface area contributed by atoms with Gasteiger partial charge in [0.15, 0.2) is 0 Å². The highest BCUT2D eigenvalue weighted by Gasteiger charge is 1.73. The molecule has 40 valence electrons. The number of hydroxylamine groups is 1. The van der Waals surface area contributed by atoms with Gasteiger partial charge in [-0.05, 0) is 0 Å². The number of allylic oxidation sites excluding steroid dienone is 1. The van der Waals surface area contributed by atoms with E-state index in [1.165, 1.54) is 6.20 Å². The van der Waals surface area contributed by atoms with E-state index in [1.54, 1.807) is 5.48 Å². The lowest BCUT2D eigenvalue weighted by atomic mass is 10.7. The SMILES string of the molecule is N=C/C(P)=C\NO. The first-order valence-corrected chi connectivity index (χ1v) is 2.24. The van der Waals surface area contributed by atoms with Gasteiger partial charge in [-0.25, -0.2) is 0 Å². The van der Waals surface area contributed by atoms with E-state index < -0.39 is 0 Å². The first-order valence-electron chi connectivity index (χ1n) is 1.67. The molecule has 0 saturated heterocycles. The van der Waals surface area contributed by atoms with E-state index >= 15 is 0 Å². The van der Waals surface area contributed by atoms with Gasteiger partial charge in [-0.15, -0.1) is 9.24 Å². The van der Waals surface area contributed by atoms with Crippen molar-refractivity contribution < 1.29 is 5.21 Å². The van der Waals surface area contributed by atoms with Gasteiger partial charge < -0.3 is 5.41 Å². The molecule has 0 aliphatic rings. The van der Waals surface area contributed by atoms with Crippen LogP contribution >= 0.6 is 9.24 Å². The minimum absolute atomic E-state index is 0.600.